The summed E-state index contributed by atoms with van der Waals surface area (Å²) in [6.07, 6.45) is 0.743. The highest BCUT2D eigenvalue weighted by Gasteiger charge is 2.46. The average molecular weight is 487 g/mol. The van der Waals surface area contributed by atoms with E-state index >= 15 is 0 Å². The Labute approximate surface area is 208 Å². The summed E-state index contributed by atoms with van der Waals surface area (Å²) < 4.78 is 21.9. The maximum Gasteiger partial charge on any atom is 0.254 e. The second kappa shape index (κ2) is 8.78. The van der Waals surface area contributed by atoms with Gasteiger partial charge in [-0.05, 0) is 52.9 Å². The summed E-state index contributed by atoms with van der Waals surface area (Å²) >= 11 is 0. The van der Waals surface area contributed by atoms with Gasteiger partial charge in [0.15, 0.2) is 23.0 Å². The standard InChI is InChI=1S/C28H26N2O6/c1-33-22-12-19-20(13-23(22)34-2)28(32)30-10-9-17-5-3-4-6-18(17)26(30)25(19)27(31)29-14-16-7-8-21-24(11-16)36-15-35-21/h3-8,11-13,25-26H,9-10,14-15H2,1-2H3,(H,29,31)/t25-,26-/m0/s1. The summed E-state index contributed by atoms with van der Waals surface area (Å²) in [4.78, 5) is 29.4. The number of carbonyl (C=O) groups excluding carboxylic acids is 2. The number of hydrogen-bond acceptors (Lipinski definition) is 6. The maximum atomic E-state index is 13.9. The molecule has 0 radical (unpaired) electrons. The van der Waals surface area contributed by atoms with Gasteiger partial charge in [-0.3, -0.25) is 9.59 Å². The fraction of sp³-hybridized carbons (Fsp3) is 0.286. The predicted octanol–water partition coefficient (Wildman–Crippen LogP) is 3.59. The molecule has 3 aromatic carbocycles. The van der Waals surface area contributed by atoms with Crippen molar-refractivity contribution in [1.82, 2.24) is 10.2 Å². The van der Waals surface area contributed by atoms with E-state index in [0.717, 1.165) is 23.1 Å². The van der Waals surface area contributed by atoms with E-state index in [-0.39, 0.29) is 18.6 Å². The van der Waals surface area contributed by atoms with Crippen LogP contribution in [-0.2, 0) is 17.8 Å². The molecule has 3 aromatic rings. The predicted molar refractivity (Wildman–Crippen MR) is 131 cm³/mol. The van der Waals surface area contributed by atoms with Gasteiger partial charge in [0.05, 0.1) is 26.2 Å². The molecule has 0 saturated carbocycles. The van der Waals surface area contributed by atoms with Crippen LogP contribution in [0.1, 0.15) is 44.6 Å². The zero-order valence-electron chi connectivity index (χ0n) is 20.1. The molecule has 3 heterocycles. The lowest BCUT2D eigenvalue weighted by molar-refractivity contribution is -0.124. The first-order valence-corrected chi connectivity index (χ1v) is 11.9. The molecule has 0 saturated heterocycles. The Kier molecular flexibility index (Phi) is 5.44. The van der Waals surface area contributed by atoms with E-state index in [9.17, 15) is 9.59 Å². The van der Waals surface area contributed by atoms with Crippen molar-refractivity contribution < 1.29 is 28.5 Å². The van der Waals surface area contributed by atoms with Crippen molar-refractivity contribution in [3.63, 3.8) is 0 Å². The minimum absolute atomic E-state index is 0.106. The summed E-state index contributed by atoms with van der Waals surface area (Å²) in [5, 5.41) is 3.10. The number of ether oxygens (including phenoxy) is 4. The fourth-order valence-corrected chi connectivity index (χ4v) is 5.48. The quantitative estimate of drug-likeness (QED) is 0.593. The van der Waals surface area contributed by atoms with Crippen LogP contribution in [0.15, 0.2) is 54.6 Å². The highest BCUT2D eigenvalue weighted by molar-refractivity contribution is 6.02. The molecule has 0 spiro atoms. The van der Waals surface area contributed by atoms with E-state index in [0.29, 0.717) is 47.2 Å². The molecule has 0 fully saturated rings. The third-order valence-corrected chi connectivity index (χ3v) is 7.22. The van der Waals surface area contributed by atoms with E-state index in [1.54, 1.807) is 19.2 Å². The van der Waals surface area contributed by atoms with Gasteiger partial charge in [-0.1, -0.05) is 30.3 Å². The molecule has 36 heavy (non-hydrogen) atoms. The zero-order valence-corrected chi connectivity index (χ0v) is 20.1. The number of rotatable bonds is 5. The maximum absolute atomic E-state index is 13.9. The number of benzene rings is 3. The van der Waals surface area contributed by atoms with Gasteiger partial charge < -0.3 is 29.2 Å². The van der Waals surface area contributed by atoms with Gasteiger partial charge in [0.1, 0.15) is 0 Å². The number of carbonyl (C=O) groups is 2. The molecule has 0 bridgehead atoms. The molecular formula is C28H26N2O6. The van der Waals surface area contributed by atoms with Crippen molar-refractivity contribution in [2.45, 2.75) is 24.9 Å². The number of nitrogens with one attached hydrogen (secondary N) is 1. The summed E-state index contributed by atoms with van der Waals surface area (Å²) in [5.41, 5.74) is 4.16. The van der Waals surface area contributed by atoms with E-state index in [2.05, 4.69) is 11.4 Å². The smallest absolute Gasteiger partial charge is 0.254 e. The summed E-state index contributed by atoms with van der Waals surface area (Å²) in [6.45, 7) is 1.05. The van der Waals surface area contributed by atoms with Crippen LogP contribution in [-0.4, -0.2) is 44.3 Å². The highest BCUT2D eigenvalue weighted by atomic mass is 16.7. The minimum Gasteiger partial charge on any atom is -0.493 e. The van der Waals surface area contributed by atoms with Crippen LogP contribution >= 0.6 is 0 Å². The lowest BCUT2D eigenvalue weighted by Gasteiger charge is -2.45. The second-order valence-corrected chi connectivity index (χ2v) is 9.07. The number of hydrogen-bond donors (Lipinski definition) is 1. The Morgan fingerprint density at radius 3 is 2.61 bits per heavy atom. The third kappa shape index (κ3) is 3.52. The molecule has 1 N–H and O–H groups in total. The lowest BCUT2D eigenvalue weighted by atomic mass is 9.75. The van der Waals surface area contributed by atoms with Gasteiger partial charge in [0.2, 0.25) is 12.7 Å². The van der Waals surface area contributed by atoms with Crippen molar-refractivity contribution in [3.8, 4) is 23.0 Å². The molecule has 0 unspecified atom stereocenters. The van der Waals surface area contributed by atoms with Gasteiger partial charge in [0, 0.05) is 18.7 Å². The minimum atomic E-state index is -0.618. The van der Waals surface area contributed by atoms with Crippen LogP contribution in [0.2, 0.25) is 0 Å². The summed E-state index contributed by atoms with van der Waals surface area (Å²) in [5.74, 6) is 1.41. The van der Waals surface area contributed by atoms with Gasteiger partial charge in [-0.2, -0.15) is 0 Å². The topological polar surface area (TPSA) is 86.3 Å². The van der Waals surface area contributed by atoms with Crippen LogP contribution in [0.3, 0.4) is 0 Å². The molecule has 8 heteroatoms. The Morgan fingerprint density at radius 1 is 1.00 bits per heavy atom. The Hall–Kier alpha value is -4.20. The molecule has 0 aromatic heterocycles. The van der Waals surface area contributed by atoms with Crippen molar-refractivity contribution >= 4 is 11.8 Å². The third-order valence-electron chi connectivity index (χ3n) is 7.22. The lowest BCUT2D eigenvalue weighted by Crippen LogP contribution is -2.50. The molecule has 0 aliphatic carbocycles. The van der Waals surface area contributed by atoms with Gasteiger partial charge in [-0.25, -0.2) is 0 Å². The van der Waals surface area contributed by atoms with Crippen molar-refractivity contribution in [1.29, 1.82) is 0 Å². The van der Waals surface area contributed by atoms with E-state index in [1.165, 1.54) is 7.11 Å². The van der Waals surface area contributed by atoms with Gasteiger partial charge in [-0.15, -0.1) is 0 Å². The Balaban J connectivity index is 1.41. The molecule has 8 nitrogen and oxygen atoms in total. The normalized spacial score (nSPS) is 19.2. The molecule has 3 aliphatic rings. The molecular weight excluding hydrogens is 460 g/mol. The fourth-order valence-electron chi connectivity index (χ4n) is 5.48. The van der Waals surface area contributed by atoms with Crippen LogP contribution < -0.4 is 24.3 Å². The van der Waals surface area contributed by atoms with E-state index in [1.807, 2.05) is 41.3 Å². The number of nitrogens with zero attached hydrogens (tertiary/aromatic N) is 1. The molecule has 2 atom stereocenters. The van der Waals surface area contributed by atoms with Crippen LogP contribution in [0, 0.1) is 0 Å². The molecule has 2 amide bonds. The van der Waals surface area contributed by atoms with Gasteiger partial charge in [0.25, 0.3) is 5.91 Å². The molecule has 3 aliphatic heterocycles. The first-order valence-electron chi connectivity index (χ1n) is 11.9. The Bertz CT molecular complexity index is 1370. The second-order valence-electron chi connectivity index (χ2n) is 9.07. The van der Waals surface area contributed by atoms with E-state index < -0.39 is 12.0 Å². The van der Waals surface area contributed by atoms with Crippen LogP contribution in [0.4, 0.5) is 0 Å². The summed E-state index contributed by atoms with van der Waals surface area (Å²) in [6, 6.07) is 16.7. The first kappa shape index (κ1) is 22.3. The van der Waals surface area contributed by atoms with Crippen LogP contribution in [0.5, 0.6) is 23.0 Å². The average Bonchev–Trinajstić information content (AvgIpc) is 3.39. The zero-order chi connectivity index (χ0) is 24.8. The highest BCUT2D eigenvalue weighted by Crippen LogP contribution is 2.48. The van der Waals surface area contributed by atoms with Crippen molar-refractivity contribution in [3.05, 3.63) is 82.4 Å². The first-order chi connectivity index (χ1) is 17.6. The van der Waals surface area contributed by atoms with E-state index in [4.69, 9.17) is 18.9 Å². The Morgan fingerprint density at radius 2 is 1.78 bits per heavy atom. The SMILES string of the molecule is COc1cc2c(cc1OC)[C@H](C(=O)NCc1ccc3c(c1)OCO3)[C@@H]1c3ccccc3CCN1C2=O. The monoisotopic (exact) mass is 486 g/mol. The summed E-state index contributed by atoms with van der Waals surface area (Å²) in [7, 11) is 3.08. The van der Waals surface area contributed by atoms with Crippen molar-refractivity contribution in [2.75, 3.05) is 27.6 Å². The van der Waals surface area contributed by atoms with Crippen molar-refractivity contribution in [2.24, 2.45) is 0 Å². The largest absolute Gasteiger partial charge is 0.493 e. The van der Waals surface area contributed by atoms with Crippen LogP contribution in [0.25, 0.3) is 0 Å². The molecule has 184 valence electrons. The number of fused-ring (bicyclic) bond motifs is 5. The number of methoxy groups -OCH3 is 2. The van der Waals surface area contributed by atoms with Gasteiger partial charge >= 0.3 is 0 Å². The number of amides is 2. The molecule has 6 rings (SSSR count).